The summed E-state index contributed by atoms with van der Waals surface area (Å²) in [6, 6.07) is 2.24. The van der Waals surface area contributed by atoms with E-state index in [0.29, 0.717) is 11.3 Å². The Hall–Kier alpha value is -1.16. The second-order valence-electron chi connectivity index (χ2n) is 5.61. The van der Waals surface area contributed by atoms with E-state index < -0.39 is 11.6 Å². The quantitative estimate of drug-likeness (QED) is 0.737. The SMILES string of the molecule is CCC1(n2c(C(C)Cl)nc3c(F)cc(F)cc32)CCC1. The number of imidazole rings is 1. The van der Waals surface area contributed by atoms with Gasteiger partial charge in [0, 0.05) is 11.6 Å². The van der Waals surface area contributed by atoms with Crippen molar-refractivity contribution in [3.05, 3.63) is 29.6 Å². The lowest BCUT2D eigenvalue weighted by atomic mass is 9.74. The smallest absolute Gasteiger partial charge is 0.153 e. The van der Waals surface area contributed by atoms with Crippen LogP contribution in [0.15, 0.2) is 12.1 Å². The molecule has 0 spiro atoms. The molecule has 5 heteroatoms. The van der Waals surface area contributed by atoms with E-state index in [9.17, 15) is 8.78 Å². The molecule has 1 heterocycles. The molecule has 1 aliphatic rings. The molecule has 20 heavy (non-hydrogen) atoms. The first-order valence-electron chi connectivity index (χ1n) is 7.00. The molecule has 1 atom stereocenters. The molecule has 0 radical (unpaired) electrons. The van der Waals surface area contributed by atoms with Gasteiger partial charge in [-0.3, -0.25) is 0 Å². The van der Waals surface area contributed by atoms with Gasteiger partial charge in [0.15, 0.2) is 5.82 Å². The molecule has 0 amide bonds. The molecule has 0 N–H and O–H groups in total. The summed E-state index contributed by atoms with van der Waals surface area (Å²) in [5.41, 5.74) is 0.646. The molecule has 108 valence electrons. The number of alkyl halides is 1. The molecule has 1 fully saturated rings. The molecule has 0 bridgehead atoms. The fraction of sp³-hybridized carbons (Fsp3) is 0.533. The highest BCUT2D eigenvalue weighted by atomic mass is 35.5. The van der Waals surface area contributed by atoms with Gasteiger partial charge in [-0.25, -0.2) is 13.8 Å². The molecule has 1 unspecified atom stereocenters. The normalized spacial score (nSPS) is 19.1. The molecule has 0 saturated heterocycles. The van der Waals surface area contributed by atoms with Gasteiger partial charge >= 0.3 is 0 Å². The van der Waals surface area contributed by atoms with E-state index in [1.54, 1.807) is 0 Å². The van der Waals surface area contributed by atoms with Crippen molar-refractivity contribution in [2.75, 3.05) is 0 Å². The topological polar surface area (TPSA) is 17.8 Å². The van der Waals surface area contributed by atoms with E-state index in [-0.39, 0.29) is 16.4 Å². The minimum absolute atomic E-state index is 0.0898. The third-order valence-electron chi connectivity index (χ3n) is 4.48. The van der Waals surface area contributed by atoms with Crippen LogP contribution in [0.3, 0.4) is 0 Å². The van der Waals surface area contributed by atoms with Gasteiger partial charge < -0.3 is 4.57 Å². The maximum absolute atomic E-state index is 14.0. The van der Waals surface area contributed by atoms with Crippen molar-refractivity contribution in [3.63, 3.8) is 0 Å². The Morgan fingerprint density at radius 3 is 2.60 bits per heavy atom. The van der Waals surface area contributed by atoms with Crippen molar-refractivity contribution >= 4 is 22.6 Å². The molecule has 2 aromatic rings. The summed E-state index contributed by atoms with van der Waals surface area (Å²) in [4.78, 5) is 4.34. The zero-order valence-electron chi connectivity index (χ0n) is 11.6. The zero-order valence-corrected chi connectivity index (χ0v) is 12.3. The molecule has 0 aliphatic heterocycles. The Morgan fingerprint density at radius 2 is 2.10 bits per heavy atom. The predicted octanol–water partition coefficient (Wildman–Crippen LogP) is 4.90. The van der Waals surface area contributed by atoms with Gasteiger partial charge in [-0.1, -0.05) is 6.92 Å². The monoisotopic (exact) mass is 298 g/mol. The highest BCUT2D eigenvalue weighted by molar-refractivity contribution is 6.20. The van der Waals surface area contributed by atoms with Gasteiger partial charge in [-0.15, -0.1) is 11.6 Å². The molecule has 1 aliphatic carbocycles. The van der Waals surface area contributed by atoms with Crippen molar-refractivity contribution < 1.29 is 8.78 Å². The number of nitrogens with zero attached hydrogens (tertiary/aromatic N) is 2. The minimum Gasteiger partial charge on any atom is -0.320 e. The number of hydrogen-bond donors (Lipinski definition) is 0. The maximum Gasteiger partial charge on any atom is 0.153 e. The van der Waals surface area contributed by atoms with Gasteiger partial charge in [-0.2, -0.15) is 0 Å². The maximum atomic E-state index is 14.0. The fourth-order valence-electron chi connectivity index (χ4n) is 3.21. The van der Waals surface area contributed by atoms with Gasteiger partial charge in [0.25, 0.3) is 0 Å². The first kappa shape index (κ1) is 13.8. The summed E-state index contributed by atoms with van der Waals surface area (Å²) >= 11 is 6.22. The standard InChI is InChI=1S/C15H17ClF2N2/c1-3-15(5-4-6-15)20-12-8-10(17)7-11(18)13(12)19-14(20)9(2)16/h7-9H,3-6H2,1-2H3. The summed E-state index contributed by atoms with van der Waals surface area (Å²) in [5.74, 6) is -0.564. The van der Waals surface area contributed by atoms with Gasteiger partial charge in [0.1, 0.15) is 17.2 Å². The van der Waals surface area contributed by atoms with Crippen LogP contribution in [0.2, 0.25) is 0 Å². The average molecular weight is 299 g/mol. The first-order chi connectivity index (χ1) is 9.48. The Labute approximate surface area is 121 Å². The van der Waals surface area contributed by atoms with Crippen LogP contribution in [-0.4, -0.2) is 9.55 Å². The number of halogens is 3. The van der Waals surface area contributed by atoms with E-state index in [1.165, 1.54) is 6.07 Å². The highest BCUT2D eigenvalue weighted by Gasteiger charge is 2.40. The molecule has 1 aromatic heterocycles. The Balaban J connectivity index is 2.35. The Kier molecular flexibility index (Phi) is 3.24. The van der Waals surface area contributed by atoms with E-state index in [0.717, 1.165) is 31.7 Å². The van der Waals surface area contributed by atoms with Gasteiger partial charge in [-0.05, 0) is 38.7 Å². The zero-order chi connectivity index (χ0) is 14.5. The van der Waals surface area contributed by atoms with Crippen LogP contribution in [-0.2, 0) is 5.54 Å². The average Bonchev–Trinajstić information content (AvgIpc) is 2.69. The lowest BCUT2D eigenvalue weighted by Gasteiger charge is -2.44. The summed E-state index contributed by atoms with van der Waals surface area (Å²) < 4.78 is 29.5. The molecule has 1 aromatic carbocycles. The van der Waals surface area contributed by atoms with Gasteiger partial charge in [0.2, 0.25) is 0 Å². The van der Waals surface area contributed by atoms with Crippen LogP contribution in [0.4, 0.5) is 8.78 Å². The molecule has 3 rings (SSSR count). The highest BCUT2D eigenvalue weighted by Crippen LogP contribution is 2.46. The third-order valence-corrected chi connectivity index (χ3v) is 4.67. The second-order valence-corrected chi connectivity index (χ2v) is 6.26. The number of hydrogen-bond acceptors (Lipinski definition) is 1. The Bertz CT molecular complexity index is 654. The summed E-state index contributed by atoms with van der Waals surface area (Å²) in [6.07, 6.45) is 4.04. The molecular weight excluding hydrogens is 282 g/mol. The van der Waals surface area contributed by atoms with Crippen molar-refractivity contribution in [1.29, 1.82) is 0 Å². The number of fused-ring (bicyclic) bond motifs is 1. The van der Waals surface area contributed by atoms with Crippen LogP contribution >= 0.6 is 11.6 Å². The van der Waals surface area contributed by atoms with Crippen LogP contribution in [0.25, 0.3) is 11.0 Å². The minimum atomic E-state index is -0.622. The lowest BCUT2D eigenvalue weighted by Crippen LogP contribution is -2.41. The number of aromatic nitrogens is 2. The summed E-state index contributed by atoms with van der Waals surface area (Å²) in [7, 11) is 0. The van der Waals surface area contributed by atoms with Crippen molar-refractivity contribution in [2.24, 2.45) is 0 Å². The van der Waals surface area contributed by atoms with Crippen LogP contribution < -0.4 is 0 Å². The van der Waals surface area contributed by atoms with Crippen molar-refractivity contribution in [1.82, 2.24) is 9.55 Å². The summed E-state index contributed by atoms with van der Waals surface area (Å²) in [6.45, 7) is 3.92. The van der Waals surface area contributed by atoms with E-state index in [2.05, 4.69) is 11.9 Å². The van der Waals surface area contributed by atoms with Crippen molar-refractivity contribution in [2.45, 2.75) is 50.4 Å². The third kappa shape index (κ3) is 1.85. The largest absolute Gasteiger partial charge is 0.320 e. The predicted molar refractivity (Wildman–Crippen MR) is 76.0 cm³/mol. The molecule has 1 saturated carbocycles. The van der Waals surface area contributed by atoms with Crippen molar-refractivity contribution in [3.8, 4) is 0 Å². The number of rotatable bonds is 3. The van der Waals surface area contributed by atoms with E-state index >= 15 is 0 Å². The van der Waals surface area contributed by atoms with Crippen LogP contribution in [0, 0.1) is 11.6 Å². The summed E-state index contributed by atoms with van der Waals surface area (Å²) in [5, 5.41) is -0.339. The first-order valence-corrected chi connectivity index (χ1v) is 7.44. The fourth-order valence-corrected chi connectivity index (χ4v) is 3.35. The molecular formula is C15H17ClF2N2. The number of benzene rings is 1. The van der Waals surface area contributed by atoms with E-state index in [1.807, 2.05) is 11.5 Å². The Morgan fingerprint density at radius 1 is 1.40 bits per heavy atom. The van der Waals surface area contributed by atoms with E-state index in [4.69, 9.17) is 11.6 Å². The second kappa shape index (κ2) is 4.69. The van der Waals surface area contributed by atoms with Gasteiger partial charge in [0.05, 0.1) is 10.9 Å². The lowest BCUT2D eigenvalue weighted by molar-refractivity contribution is 0.137. The van der Waals surface area contributed by atoms with Crippen LogP contribution in [0.5, 0.6) is 0 Å². The van der Waals surface area contributed by atoms with Crippen LogP contribution in [0.1, 0.15) is 50.7 Å². The molecule has 2 nitrogen and oxygen atoms in total.